The number of H-pyrrole nitrogens is 1. The molecule has 0 spiro atoms. The molecule has 3 aromatic heterocycles. The molecule has 36 heavy (non-hydrogen) atoms. The van der Waals surface area contributed by atoms with Gasteiger partial charge < -0.3 is 25.2 Å². The normalized spacial score (nSPS) is 11.8. The zero-order valence-corrected chi connectivity index (χ0v) is 18.9. The van der Waals surface area contributed by atoms with Gasteiger partial charge in [-0.15, -0.1) is 0 Å². The molecule has 0 saturated carbocycles. The molecule has 5 rings (SSSR count). The van der Waals surface area contributed by atoms with Crippen molar-refractivity contribution in [2.45, 2.75) is 19.3 Å². The van der Waals surface area contributed by atoms with Crippen LogP contribution < -0.4 is 15.8 Å². The lowest BCUT2D eigenvalue weighted by Gasteiger charge is -2.11. The van der Waals surface area contributed by atoms with Gasteiger partial charge in [-0.25, -0.2) is 9.97 Å². The maximum absolute atomic E-state index is 13.2. The first-order valence-electron chi connectivity index (χ1n) is 10.9. The topological polar surface area (TPSA) is 119 Å². The highest BCUT2D eigenvalue weighted by molar-refractivity contribution is 5.98. The van der Waals surface area contributed by atoms with Crippen LogP contribution in [0.25, 0.3) is 33.3 Å². The van der Waals surface area contributed by atoms with Gasteiger partial charge in [0.2, 0.25) is 5.89 Å². The third-order valence-electron chi connectivity index (χ3n) is 5.77. The molecule has 0 bridgehead atoms. The van der Waals surface area contributed by atoms with Gasteiger partial charge >= 0.3 is 6.18 Å². The summed E-state index contributed by atoms with van der Waals surface area (Å²) >= 11 is 0. The van der Waals surface area contributed by atoms with Crippen LogP contribution in [0.5, 0.6) is 5.75 Å². The van der Waals surface area contributed by atoms with Crippen LogP contribution in [0.2, 0.25) is 0 Å². The molecule has 2 aromatic carbocycles. The van der Waals surface area contributed by atoms with E-state index < -0.39 is 17.8 Å². The molecule has 11 heteroatoms. The number of ether oxygens (including phenoxy) is 1. The third-order valence-corrected chi connectivity index (χ3v) is 5.77. The number of nitrogens with two attached hydrogens (primary N) is 1. The number of aromatic amines is 1. The number of fused-ring (bicyclic) bond motifs is 2. The van der Waals surface area contributed by atoms with Crippen LogP contribution in [-0.4, -0.2) is 28.0 Å². The van der Waals surface area contributed by atoms with Crippen molar-refractivity contribution < 1.29 is 27.1 Å². The van der Waals surface area contributed by atoms with Gasteiger partial charge in [-0.2, -0.15) is 13.2 Å². The summed E-state index contributed by atoms with van der Waals surface area (Å²) in [7, 11) is 1.34. The Labute approximate surface area is 202 Å². The first-order chi connectivity index (χ1) is 17.3. The smallest absolute Gasteiger partial charge is 0.433 e. The van der Waals surface area contributed by atoms with Gasteiger partial charge in [-0.3, -0.25) is 4.79 Å². The lowest BCUT2D eigenvalue weighted by molar-refractivity contribution is -0.140. The first-order valence-corrected chi connectivity index (χ1v) is 10.9. The van der Waals surface area contributed by atoms with Crippen molar-refractivity contribution in [3.8, 4) is 17.2 Å². The van der Waals surface area contributed by atoms with Crippen LogP contribution in [0.15, 0.2) is 59.1 Å². The van der Waals surface area contributed by atoms with Gasteiger partial charge in [0.1, 0.15) is 17.0 Å². The molecule has 0 saturated heterocycles. The van der Waals surface area contributed by atoms with Crippen LogP contribution in [0.1, 0.15) is 27.5 Å². The van der Waals surface area contributed by atoms with Crippen LogP contribution in [0.4, 0.5) is 13.2 Å². The number of hydrogen-bond donors (Lipinski definition) is 3. The molecular formula is C25H20F3N5O3. The van der Waals surface area contributed by atoms with Crippen molar-refractivity contribution in [3.05, 3.63) is 77.4 Å². The molecule has 0 aliphatic rings. The number of benzene rings is 2. The quantitative estimate of drug-likeness (QED) is 0.312. The number of para-hydroxylation sites is 1. The summed E-state index contributed by atoms with van der Waals surface area (Å²) in [5.41, 5.74) is 6.91. The Morgan fingerprint density at radius 1 is 1.11 bits per heavy atom. The molecule has 0 radical (unpaired) electrons. The number of carbonyl (C=O) groups excluding carboxylic acids is 1. The highest BCUT2D eigenvalue weighted by Gasteiger charge is 2.33. The zero-order chi connectivity index (χ0) is 25.4. The van der Waals surface area contributed by atoms with E-state index >= 15 is 0 Å². The Bertz CT molecular complexity index is 1590. The maximum atomic E-state index is 13.2. The SMILES string of the molecule is COc1ccc(-c2nc(C(=O)NCc3c[nH]c4ccccc34)c(CN)o2)c2ccc(C(F)(F)F)nc12. The molecular weight excluding hydrogens is 475 g/mol. The lowest BCUT2D eigenvalue weighted by atomic mass is 10.1. The fourth-order valence-electron chi connectivity index (χ4n) is 4.02. The van der Waals surface area contributed by atoms with E-state index in [9.17, 15) is 18.0 Å². The van der Waals surface area contributed by atoms with E-state index in [-0.39, 0.29) is 41.7 Å². The molecule has 5 aromatic rings. The Balaban J connectivity index is 1.49. The predicted octanol–water partition coefficient (Wildman–Crippen LogP) is 4.79. The van der Waals surface area contributed by atoms with Gasteiger partial charge in [-0.05, 0) is 35.9 Å². The largest absolute Gasteiger partial charge is 0.494 e. The molecule has 0 aliphatic carbocycles. The van der Waals surface area contributed by atoms with Crippen LogP contribution in [-0.2, 0) is 19.3 Å². The summed E-state index contributed by atoms with van der Waals surface area (Å²) in [5.74, 6) is -0.166. The van der Waals surface area contributed by atoms with Gasteiger partial charge in [0.25, 0.3) is 5.91 Å². The molecule has 1 amide bonds. The average molecular weight is 495 g/mol. The average Bonchev–Trinajstić information content (AvgIpc) is 3.50. The minimum absolute atomic E-state index is 0.00354. The van der Waals surface area contributed by atoms with Gasteiger partial charge in [0.05, 0.1) is 13.7 Å². The number of oxazole rings is 1. The van der Waals surface area contributed by atoms with E-state index in [4.69, 9.17) is 14.9 Å². The Morgan fingerprint density at radius 3 is 2.67 bits per heavy atom. The summed E-state index contributed by atoms with van der Waals surface area (Å²) in [6.07, 6.45) is -2.81. The summed E-state index contributed by atoms with van der Waals surface area (Å²) in [4.78, 5) is 24.2. The lowest BCUT2D eigenvalue weighted by Crippen LogP contribution is -2.24. The van der Waals surface area contributed by atoms with Gasteiger partial charge in [0, 0.05) is 34.6 Å². The minimum atomic E-state index is -4.62. The fourth-order valence-corrected chi connectivity index (χ4v) is 4.02. The van der Waals surface area contributed by atoms with E-state index in [0.717, 1.165) is 22.5 Å². The van der Waals surface area contributed by atoms with Crippen molar-refractivity contribution in [3.63, 3.8) is 0 Å². The Kier molecular flexibility index (Phi) is 5.84. The maximum Gasteiger partial charge on any atom is 0.433 e. The molecule has 0 fully saturated rings. The number of amides is 1. The standard InChI is InChI=1S/C25H20F3N5O3/c1-35-18-8-6-16(15-7-9-20(25(26,27)28)32-21(15)18)24-33-22(19(10-29)36-24)23(34)31-12-13-11-30-17-5-3-2-4-14(13)17/h2-9,11,30H,10,12,29H2,1H3,(H,31,34). The van der Waals surface area contributed by atoms with Gasteiger partial charge in [0.15, 0.2) is 11.5 Å². The second-order valence-electron chi connectivity index (χ2n) is 7.94. The molecule has 0 aliphatic heterocycles. The number of hydrogen-bond acceptors (Lipinski definition) is 6. The van der Waals surface area contributed by atoms with Crippen molar-refractivity contribution in [2.24, 2.45) is 5.73 Å². The number of pyridine rings is 1. The van der Waals surface area contributed by atoms with Crippen molar-refractivity contribution in [1.82, 2.24) is 20.3 Å². The highest BCUT2D eigenvalue weighted by atomic mass is 19.4. The highest BCUT2D eigenvalue weighted by Crippen LogP contribution is 2.37. The number of halogens is 3. The molecule has 4 N–H and O–H groups in total. The summed E-state index contributed by atoms with van der Waals surface area (Å²) in [6.45, 7) is 0.137. The Hall–Kier alpha value is -4.38. The molecule has 0 atom stereocenters. The summed E-state index contributed by atoms with van der Waals surface area (Å²) in [5, 5.41) is 4.12. The van der Waals surface area contributed by atoms with Crippen molar-refractivity contribution >= 4 is 27.7 Å². The number of aromatic nitrogens is 3. The fraction of sp³-hybridized carbons (Fsp3) is 0.160. The van der Waals surface area contributed by atoms with E-state index in [1.165, 1.54) is 19.2 Å². The van der Waals surface area contributed by atoms with E-state index in [1.807, 2.05) is 30.5 Å². The second-order valence-corrected chi connectivity index (χ2v) is 7.94. The first kappa shape index (κ1) is 23.4. The van der Waals surface area contributed by atoms with Crippen LogP contribution in [0.3, 0.4) is 0 Å². The Morgan fingerprint density at radius 2 is 1.92 bits per heavy atom. The number of nitrogens with zero attached hydrogens (tertiary/aromatic N) is 2. The molecule has 3 heterocycles. The van der Waals surface area contributed by atoms with Gasteiger partial charge in [-0.1, -0.05) is 18.2 Å². The summed E-state index contributed by atoms with van der Waals surface area (Å²) in [6, 6.07) is 12.9. The van der Waals surface area contributed by atoms with Crippen LogP contribution >= 0.6 is 0 Å². The number of rotatable bonds is 6. The number of carbonyl (C=O) groups is 1. The van der Waals surface area contributed by atoms with Crippen LogP contribution in [0, 0.1) is 0 Å². The monoisotopic (exact) mass is 495 g/mol. The van der Waals surface area contributed by atoms with Crippen molar-refractivity contribution in [2.75, 3.05) is 7.11 Å². The second kappa shape index (κ2) is 9.00. The van der Waals surface area contributed by atoms with E-state index in [2.05, 4.69) is 20.3 Å². The molecule has 184 valence electrons. The van der Waals surface area contributed by atoms with E-state index in [1.54, 1.807) is 6.07 Å². The third kappa shape index (κ3) is 4.13. The molecule has 8 nitrogen and oxygen atoms in total. The number of methoxy groups -OCH3 is 1. The minimum Gasteiger partial charge on any atom is -0.494 e. The number of nitrogens with one attached hydrogen (secondary N) is 2. The van der Waals surface area contributed by atoms with E-state index in [0.29, 0.717) is 10.9 Å². The predicted molar refractivity (Wildman–Crippen MR) is 126 cm³/mol. The molecule has 0 unspecified atom stereocenters. The van der Waals surface area contributed by atoms with Crippen molar-refractivity contribution in [1.29, 1.82) is 0 Å². The zero-order valence-electron chi connectivity index (χ0n) is 18.9. The number of alkyl halides is 3. The summed E-state index contributed by atoms with van der Waals surface area (Å²) < 4.78 is 50.7.